The molecule has 3 aliphatic carbocycles. The third-order valence-electron chi connectivity index (χ3n) is 8.75. The van der Waals surface area contributed by atoms with Gasteiger partial charge in [-0.2, -0.15) is 0 Å². The maximum absolute atomic E-state index is 9.23. The smallest absolute Gasteiger partial charge is 0.188 e. The summed E-state index contributed by atoms with van der Waals surface area (Å²) in [7, 11) is 3.38. The van der Waals surface area contributed by atoms with E-state index < -0.39 is 0 Å². The molecular formula is C27H42O5. The lowest BCUT2D eigenvalue weighted by Gasteiger charge is -2.53. The van der Waals surface area contributed by atoms with Gasteiger partial charge in [0.2, 0.25) is 0 Å². The minimum absolute atomic E-state index is 0.252. The van der Waals surface area contributed by atoms with Crippen LogP contribution in [0.1, 0.15) is 75.3 Å². The van der Waals surface area contributed by atoms with Gasteiger partial charge in [0.15, 0.2) is 6.79 Å². The molecule has 1 aromatic carbocycles. The zero-order chi connectivity index (χ0) is 22.6. The topological polar surface area (TPSA) is 57.2 Å². The SMILES string of the molecule is COCOc1ccc2c(c1)C[C@@H](CCCCCO)[C@@H]1[C@@H]2CC[C@]2(C)[C@@H](OCOC)CC[C@@H]12. The molecule has 5 nitrogen and oxygen atoms in total. The molecule has 1 N–H and O–H groups in total. The number of hydrogen-bond donors (Lipinski definition) is 1. The first-order valence-corrected chi connectivity index (χ1v) is 12.6. The number of unbranched alkanes of at least 4 members (excludes halogenated alkanes) is 2. The average Bonchev–Trinajstić information content (AvgIpc) is 3.14. The van der Waals surface area contributed by atoms with E-state index in [1.54, 1.807) is 19.8 Å². The van der Waals surface area contributed by atoms with Crippen molar-refractivity contribution in [2.24, 2.45) is 23.2 Å². The average molecular weight is 447 g/mol. The van der Waals surface area contributed by atoms with Crippen LogP contribution in [-0.4, -0.2) is 45.6 Å². The summed E-state index contributed by atoms with van der Waals surface area (Å²) in [5.41, 5.74) is 3.28. The molecule has 32 heavy (non-hydrogen) atoms. The predicted molar refractivity (Wildman–Crippen MR) is 125 cm³/mol. The quantitative estimate of drug-likeness (QED) is 0.370. The van der Waals surface area contributed by atoms with E-state index in [0.29, 0.717) is 44.1 Å². The molecule has 0 saturated heterocycles. The van der Waals surface area contributed by atoms with Gasteiger partial charge in [0.1, 0.15) is 12.5 Å². The van der Waals surface area contributed by atoms with Crippen molar-refractivity contribution in [3.63, 3.8) is 0 Å². The normalized spacial score (nSPS) is 33.4. The standard InChI is InChI=1S/C27H42O5/c1-27-13-12-23-22-9-8-21(31-17-29-2)16-20(22)15-19(7-5-4-6-14-28)26(23)24(27)10-11-25(27)32-18-30-3/h8-9,16,19,23-26,28H,4-7,10-15,17-18H2,1-3H3/t19-,23-,24+,25+,26-,27+/m1/s1. The summed E-state index contributed by atoms with van der Waals surface area (Å²) in [5.74, 6) is 3.67. The van der Waals surface area contributed by atoms with E-state index in [1.165, 1.54) is 37.7 Å². The van der Waals surface area contributed by atoms with Crippen LogP contribution in [0.2, 0.25) is 0 Å². The highest BCUT2D eigenvalue weighted by Gasteiger charge is 2.57. The van der Waals surface area contributed by atoms with Crippen molar-refractivity contribution in [1.29, 1.82) is 0 Å². The summed E-state index contributed by atoms with van der Waals surface area (Å²) in [4.78, 5) is 0. The Morgan fingerprint density at radius 3 is 2.66 bits per heavy atom. The predicted octanol–water partition coefficient (Wildman–Crippen LogP) is 5.29. The largest absolute Gasteiger partial charge is 0.468 e. The Bertz CT molecular complexity index is 737. The molecule has 0 bridgehead atoms. The zero-order valence-corrected chi connectivity index (χ0v) is 20.2. The van der Waals surface area contributed by atoms with Gasteiger partial charge in [-0.1, -0.05) is 25.8 Å². The molecule has 2 saturated carbocycles. The number of rotatable bonds is 11. The minimum Gasteiger partial charge on any atom is -0.468 e. The van der Waals surface area contributed by atoms with Crippen LogP contribution in [0.3, 0.4) is 0 Å². The molecule has 0 aliphatic heterocycles. The molecule has 1 aromatic rings. The van der Waals surface area contributed by atoms with Crippen LogP contribution in [0.25, 0.3) is 0 Å². The Kier molecular flexibility index (Phi) is 8.14. The minimum atomic E-state index is 0.252. The van der Waals surface area contributed by atoms with Crippen LogP contribution in [0.15, 0.2) is 18.2 Å². The lowest BCUT2D eigenvalue weighted by atomic mass is 9.52. The molecule has 0 spiro atoms. The second-order valence-corrected chi connectivity index (χ2v) is 10.4. The van der Waals surface area contributed by atoms with Crippen molar-refractivity contribution in [2.75, 3.05) is 34.4 Å². The third kappa shape index (κ3) is 4.72. The monoisotopic (exact) mass is 446 g/mol. The molecular weight excluding hydrogens is 404 g/mol. The Balaban J connectivity index is 1.59. The summed E-state index contributed by atoms with van der Waals surface area (Å²) in [6.07, 6.45) is 10.8. The first kappa shape index (κ1) is 24.0. The second kappa shape index (κ2) is 10.9. The maximum atomic E-state index is 9.23. The molecule has 0 heterocycles. The van der Waals surface area contributed by atoms with Crippen molar-refractivity contribution in [3.8, 4) is 5.75 Å². The van der Waals surface area contributed by atoms with Crippen molar-refractivity contribution in [3.05, 3.63) is 29.3 Å². The van der Waals surface area contributed by atoms with E-state index in [4.69, 9.17) is 18.9 Å². The Hall–Kier alpha value is -1.14. The van der Waals surface area contributed by atoms with Crippen molar-refractivity contribution >= 4 is 0 Å². The van der Waals surface area contributed by atoms with Gasteiger partial charge >= 0.3 is 0 Å². The van der Waals surface area contributed by atoms with E-state index in [0.717, 1.165) is 37.4 Å². The van der Waals surface area contributed by atoms with Crippen LogP contribution in [0.5, 0.6) is 5.75 Å². The van der Waals surface area contributed by atoms with E-state index in [1.807, 2.05) is 0 Å². The summed E-state index contributed by atoms with van der Waals surface area (Å²) < 4.78 is 22.3. The van der Waals surface area contributed by atoms with E-state index in [-0.39, 0.29) is 5.41 Å². The van der Waals surface area contributed by atoms with Crippen molar-refractivity contribution < 1.29 is 24.1 Å². The number of aliphatic hydroxyl groups is 1. The maximum Gasteiger partial charge on any atom is 0.188 e. The fourth-order valence-electron chi connectivity index (χ4n) is 7.34. The van der Waals surface area contributed by atoms with Crippen LogP contribution in [0.4, 0.5) is 0 Å². The van der Waals surface area contributed by atoms with Crippen molar-refractivity contribution in [2.45, 2.75) is 76.7 Å². The van der Waals surface area contributed by atoms with Crippen molar-refractivity contribution in [1.82, 2.24) is 0 Å². The third-order valence-corrected chi connectivity index (χ3v) is 8.75. The molecule has 180 valence electrons. The van der Waals surface area contributed by atoms with Gasteiger partial charge < -0.3 is 24.1 Å². The molecule has 4 rings (SSSR count). The van der Waals surface area contributed by atoms with Gasteiger partial charge in [0.05, 0.1) is 6.10 Å². The lowest BCUT2D eigenvalue weighted by Crippen LogP contribution is -2.47. The number of methoxy groups -OCH3 is 2. The van der Waals surface area contributed by atoms with Crippen LogP contribution in [0, 0.1) is 23.2 Å². The van der Waals surface area contributed by atoms with Gasteiger partial charge in [0, 0.05) is 20.8 Å². The zero-order valence-electron chi connectivity index (χ0n) is 20.2. The van der Waals surface area contributed by atoms with E-state index in [2.05, 4.69) is 25.1 Å². The highest BCUT2D eigenvalue weighted by molar-refractivity contribution is 5.41. The number of hydrogen-bond acceptors (Lipinski definition) is 5. The molecule has 2 fully saturated rings. The Morgan fingerprint density at radius 2 is 1.88 bits per heavy atom. The van der Waals surface area contributed by atoms with Gasteiger partial charge in [-0.3, -0.25) is 0 Å². The Morgan fingerprint density at radius 1 is 1.03 bits per heavy atom. The molecule has 0 unspecified atom stereocenters. The molecule has 0 amide bonds. The molecule has 5 heteroatoms. The lowest BCUT2D eigenvalue weighted by molar-refractivity contribution is -0.128. The first-order valence-electron chi connectivity index (χ1n) is 12.6. The van der Waals surface area contributed by atoms with Crippen LogP contribution in [-0.2, 0) is 20.6 Å². The van der Waals surface area contributed by atoms with Crippen LogP contribution < -0.4 is 4.74 Å². The summed E-state index contributed by atoms with van der Waals surface area (Å²) in [6, 6.07) is 6.72. The summed E-state index contributed by atoms with van der Waals surface area (Å²) in [6.45, 7) is 3.48. The molecule has 0 aromatic heterocycles. The van der Waals surface area contributed by atoms with Gasteiger partial charge in [0.25, 0.3) is 0 Å². The summed E-state index contributed by atoms with van der Waals surface area (Å²) in [5, 5.41) is 9.23. The molecule has 3 aliphatic rings. The second-order valence-electron chi connectivity index (χ2n) is 10.4. The van der Waals surface area contributed by atoms with Gasteiger partial charge in [-0.15, -0.1) is 0 Å². The number of benzene rings is 1. The number of aliphatic hydroxyl groups excluding tert-OH is 1. The Labute approximate surface area is 193 Å². The number of fused-ring (bicyclic) bond motifs is 5. The van der Waals surface area contributed by atoms with Crippen LogP contribution >= 0.6 is 0 Å². The molecule has 0 radical (unpaired) electrons. The first-order chi connectivity index (χ1) is 15.6. The highest BCUT2D eigenvalue weighted by Crippen LogP contribution is 2.63. The number of ether oxygens (including phenoxy) is 4. The summed E-state index contributed by atoms with van der Waals surface area (Å²) >= 11 is 0. The van der Waals surface area contributed by atoms with Gasteiger partial charge in [-0.25, -0.2) is 0 Å². The molecule has 6 atom stereocenters. The highest BCUT2D eigenvalue weighted by atomic mass is 16.7. The fraction of sp³-hybridized carbons (Fsp3) is 0.778. The van der Waals surface area contributed by atoms with Gasteiger partial charge in [-0.05, 0) is 97.3 Å². The van der Waals surface area contributed by atoms with E-state index in [9.17, 15) is 5.11 Å². The van der Waals surface area contributed by atoms with E-state index >= 15 is 0 Å². The fourth-order valence-corrected chi connectivity index (χ4v) is 7.34.